The number of aromatic nitrogens is 1. The van der Waals surface area contributed by atoms with Gasteiger partial charge in [-0.15, -0.1) is 0 Å². The summed E-state index contributed by atoms with van der Waals surface area (Å²) in [6.45, 7) is 7.16. The van der Waals surface area contributed by atoms with Crippen LogP contribution < -0.4 is 5.32 Å². The first-order valence-electron chi connectivity index (χ1n) is 6.88. The molecule has 3 nitrogen and oxygen atoms in total. The van der Waals surface area contributed by atoms with E-state index in [0.717, 1.165) is 41.5 Å². The molecular weight excluding hydrogens is 304 g/mol. The number of anilines is 1. The highest BCUT2D eigenvalue weighted by Gasteiger charge is 2.36. The van der Waals surface area contributed by atoms with E-state index in [9.17, 15) is 5.11 Å². The summed E-state index contributed by atoms with van der Waals surface area (Å²) in [6.07, 6.45) is 5.67. The van der Waals surface area contributed by atoms with Crippen LogP contribution in [0.3, 0.4) is 0 Å². The molecule has 4 heteroatoms. The van der Waals surface area contributed by atoms with E-state index in [0.29, 0.717) is 12.0 Å². The lowest BCUT2D eigenvalue weighted by atomic mass is 9.71. The third-order valence-electron chi connectivity index (χ3n) is 4.16. The number of hydrogen-bond acceptors (Lipinski definition) is 3. The van der Waals surface area contributed by atoms with Crippen molar-refractivity contribution in [1.82, 2.24) is 4.98 Å². The maximum Gasteiger partial charge on any atom is 0.129 e. The Bertz CT molecular complexity index is 449. The average Bonchev–Trinajstić information content (AvgIpc) is 2.33. The van der Waals surface area contributed by atoms with Gasteiger partial charge in [0.15, 0.2) is 0 Å². The third-order valence-corrected chi connectivity index (χ3v) is 4.60. The molecule has 1 aliphatic carbocycles. The van der Waals surface area contributed by atoms with Crippen molar-refractivity contribution in [2.24, 2.45) is 5.41 Å². The number of aryl methyl sites for hydroxylation is 1. The molecule has 0 saturated heterocycles. The summed E-state index contributed by atoms with van der Waals surface area (Å²) >= 11 is 3.41. The zero-order chi connectivity index (χ0) is 14.1. The normalized spacial score (nSPS) is 21.1. The second kappa shape index (κ2) is 5.41. The summed E-state index contributed by atoms with van der Waals surface area (Å²) in [6, 6.07) is 2.03. The fourth-order valence-corrected chi connectivity index (χ4v) is 2.99. The molecule has 1 aromatic heterocycles. The van der Waals surface area contributed by atoms with Crippen molar-refractivity contribution >= 4 is 21.7 Å². The second-order valence-corrected chi connectivity index (χ2v) is 7.48. The van der Waals surface area contributed by atoms with Gasteiger partial charge in [-0.25, -0.2) is 4.98 Å². The molecule has 0 aliphatic heterocycles. The Hall–Kier alpha value is -0.610. The van der Waals surface area contributed by atoms with E-state index in [-0.39, 0.29) is 0 Å². The van der Waals surface area contributed by atoms with Crippen LogP contribution in [0.1, 0.15) is 45.1 Å². The van der Waals surface area contributed by atoms with Gasteiger partial charge < -0.3 is 10.4 Å². The molecule has 1 aliphatic rings. The van der Waals surface area contributed by atoms with Crippen molar-refractivity contribution in [3.63, 3.8) is 0 Å². The monoisotopic (exact) mass is 326 g/mol. The largest absolute Gasteiger partial charge is 0.388 e. The molecule has 0 atom stereocenters. The first kappa shape index (κ1) is 14.8. The lowest BCUT2D eigenvalue weighted by Crippen LogP contribution is -2.42. The Morgan fingerprint density at radius 1 is 1.32 bits per heavy atom. The minimum absolute atomic E-state index is 0.373. The average molecular weight is 327 g/mol. The Kier molecular flexibility index (Phi) is 4.21. The van der Waals surface area contributed by atoms with E-state index in [1.807, 2.05) is 13.0 Å². The highest BCUT2D eigenvalue weighted by atomic mass is 79.9. The molecule has 1 aromatic rings. The van der Waals surface area contributed by atoms with Crippen LogP contribution in [0.25, 0.3) is 0 Å². The number of nitrogens with zero attached hydrogens (tertiary/aromatic N) is 1. The molecule has 2 rings (SSSR count). The van der Waals surface area contributed by atoms with Gasteiger partial charge in [0.1, 0.15) is 5.82 Å². The summed E-state index contributed by atoms with van der Waals surface area (Å²) < 4.78 is 0.980. The van der Waals surface area contributed by atoms with E-state index >= 15 is 0 Å². The molecule has 0 aromatic carbocycles. The molecular formula is C15H23BrN2O. The fraction of sp³-hybridized carbons (Fsp3) is 0.667. The number of rotatable bonds is 3. The first-order chi connectivity index (χ1) is 8.80. The summed E-state index contributed by atoms with van der Waals surface area (Å²) in [4.78, 5) is 4.35. The van der Waals surface area contributed by atoms with Crippen LogP contribution in [0.15, 0.2) is 16.7 Å². The van der Waals surface area contributed by atoms with Crippen LogP contribution >= 0.6 is 15.9 Å². The molecule has 2 N–H and O–H groups in total. The predicted octanol–water partition coefficient (Wildman–Crippen LogP) is 3.90. The maximum absolute atomic E-state index is 10.6. The minimum Gasteiger partial charge on any atom is -0.388 e. The van der Waals surface area contributed by atoms with Gasteiger partial charge in [-0.3, -0.25) is 0 Å². The number of halogens is 1. The van der Waals surface area contributed by atoms with E-state index in [2.05, 4.69) is 40.1 Å². The van der Waals surface area contributed by atoms with Gasteiger partial charge in [-0.2, -0.15) is 0 Å². The van der Waals surface area contributed by atoms with Crippen molar-refractivity contribution in [1.29, 1.82) is 0 Å². The third kappa shape index (κ3) is 3.93. The Balaban J connectivity index is 1.95. The van der Waals surface area contributed by atoms with Crippen LogP contribution in [0.5, 0.6) is 0 Å². The quantitative estimate of drug-likeness (QED) is 0.885. The second-order valence-electron chi connectivity index (χ2n) is 6.56. The highest BCUT2D eigenvalue weighted by molar-refractivity contribution is 9.10. The summed E-state index contributed by atoms with van der Waals surface area (Å²) in [5.41, 5.74) is 0.878. The van der Waals surface area contributed by atoms with E-state index < -0.39 is 5.60 Å². The van der Waals surface area contributed by atoms with Crippen molar-refractivity contribution in [3.05, 3.63) is 22.3 Å². The Labute approximate surface area is 124 Å². The number of nitrogens with one attached hydrogen (secondary N) is 1. The fourth-order valence-electron chi connectivity index (χ4n) is 2.54. The molecule has 0 unspecified atom stereocenters. The molecule has 106 valence electrons. The lowest BCUT2D eigenvalue weighted by molar-refractivity contribution is -0.0145. The molecule has 1 heterocycles. The summed E-state index contributed by atoms with van der Waals surface area (Å²) in [5.74, 6) is 0.862. The molecule has 19 heavy (non-hydrogen) atoms. The van der Waals surface area contributed by atoms with Crippen LogP contribution in [-0.4, -0.2) is 22.2 Å². The molecule has 0 amide bonds. The van der Waals surface area contributed by atoms with Gasteiger partial charge in [0.2, 0.25) is 0 Å². The standard InChI is InChI=1S/C15H23BrN2O/c1-11-8-12(16)9-17-13(11)18-10-15(19)6-4-14(2,3)5-7-15/h8-9,19H,4-7,10H2,1-3H3,(H,17,18). The smallest absolute Gasteiger partial charge is 0.129 e. The van der Waals surface area contributed by atoms with Crippen LogP contribution in [0, 0.1) is 12.3 Å². The summed E-state index contributed by atoms with van der Waals surface area (Å²) in [5, 5.41) is 13.9. The van der Waals surface area contributed by atoms with Gasteiger partial charge in [0, 0.05) is 17.2 Å². The summed E-state index contributed by atoms with van der Waals surface area (Å²) in [7, 11) is 0. The maximum atomic E-state index is 10.6. The minimum atomic E-state index is -0.587. The first-order valence-corrected chi connectivity index (χ1v) is 7.67. The van der Waals surface area contributed by atoms with Crippen molar-refractivity contribution in [2.75, 3.05) is 11.9 Å². The molecule has 0 radical (unpaired) electrons. The van der Waals surface area contributed by atoms with E-state index in [1.54, 1.807) is 6.20 Å². The van der Waals surface area contributed by atoms with E-state index in [1.165, 1.54) is 0 Å². The van der Waals surface area contributed by atoms with Crippen LogP contribution in [0.4, 0.5) is 5.82 Å². The van der Waals surface area contributed by atoms with Gasteiger partial charge in [0.05, 0.1) is 5.60 Å². The molecule has 0 spiro atoms. The van der Waals surface area contributed by atoms with Crippen molar-refractivity contribution in [2.45, 2.75) is 52.1 Å². The van der Waals surface area contributed by atoms with Crippen LogP contribution in [0.2, 0.25) is 0 Å². The molecule has 1 saturated carbocycles. The van der Waals surface area contributed by atoms with Gasteiger partial charge in [0.25, 0.3) is 0 Å². The number of aliphatic hydroxyl groups is 1. The topological polar surface area (TPSA) is 45.2 Å². The highest BCUT2D eigenvalue weighted by Crippen LogP contribution is 2.40. The van der Waals surface area contributed by atoms with E-state index in [4.69, 9.17) is 0 Å². The van der Waals surface area contributed by atoms with Crippen molar-refractivity contribution in [3.8, 4) is 0 Å². The number of pyridine rings is 1. The number of hydrogen-bond donors (Lipinski definition) is 2. The van der Waals surface area contributed by atoms with Gasteiger partial charge in [-0.05, 0) is 65.6 Å². The molecule has 1 fully saturated rings. The zero-order valence-corrected chi connectivity index (χ0v) is 13.5. The van der Waals surface area contributed by atoms with Crippen molar-refractivity contribution < 1.29 is 5.11 Å². The van der Waals surface area contributed by atoms with Crippen LogP contribution in [-0.2, 0) is 0 Å². The predicted molar refractivity (Wildman–Crippen MR) is 82.4 cm³/mol. The van der Waals surface area contributed by atoms with Gasteiger partial charge >= 0.3 is 0 Å². The zero-order valence-electron chi connectivity index (χ0n) is 12.0. The Morgan fingerprint density at radius 3 is 2.53 bits per heavy atom. The SMILES string of the molecule is Cc1cc(Br)cnc1NCC1(O)CCC(C)(C)CC1. The lowest BCUT2D eigenvalue weighted by Gasteiger charge is -2.40. The van der Waals surface area contributed by atoms with Gasteiger partial charge in [-0.1, -0.05) is 13.8 Å². The Morgan fingerprint density at radius 2 is 1.95 bits per heavy atom. The molecule has 0 bridgehead atoms.